The molecule has 2 aromatic heterocycles. The number of thioether (sulfide) groups is 1. The third-order valence-electron chi connectivity index (χ3n) is 3.18. The van der Waals surface area contributed by atoms with Crippen molar-refractivity contribution in [3.63, 3.8) is 0 Å². The van der Waals surface area contributed by atoms with Gasteiger partial charge >= 0.3 is 0 Å². The van der Waals surface area contributed by atoms with Gasteiger partial charge in [0, 0.05) is 24.2 Å². The summed E-state index contributed by atoms with van der Waals surface area (Å²) in [4.78, 5) is 16.2. The third-order valence-corrected chi connectivity index (χ3v) is 5.00. The lowest BCUT2D eigenvalue weighted by molar-refractivity contribution is -0.115. The average Bonchev–Trinajstić information content (AvgIpc) is 3.19. The van der Waals surface area contributed by atoms with Gasteiger partial charge in [0.2, 0.25) is 5.91 Å². The molecule has 0 radical (unpaired) electrons. The third kappa shape index (κ3) is 3.59. The predicted molar refractivity (Wildman–Crippen MR) is 92.5 cm³/mol. The normalized spacial score (nSPS) is 12.1. The molecule has 0 fully saturated rings. The van der Waals surface area contributed by atoms with Crippen molar-refractivity contribution in [3.8, 4) is 11.4 Å². The molecule has 8 heteroatoms. The van der Waals surface area contributed by atoms with Crippen LogP contribution in [-0.2, 0) is 11.8 Å². The van der Waals surface area contributed by atoms with Gasteiger partial charge in [0.25, 0.3) is 0 Å². The first-order valence-corrected chi connectivity index (χ1v) is 8.73. The van der Waals surface area contributed by atoms with Crippen LogP contribution < -0.4 is 5.32 Å². The standard InChI is InChI=1S/C15H15N5OS2/c1-10(13(21)17-14-16-8-9-22-14)23-15-19-18-12(20(15)2)11-6-4-3-5-7-11/h3-10H,1-2H3,(H,16,17,21)/t10-/m0/s1. The molecule has 6 nitrogen and oxygen atoms in total. The van der Waals surface area contributed by atoms with Crippen molar-refractivity contribution in [2.45, 2.75) is 17.3 Å². The summed E-state index contributed by atoms with van der Waals surface area (Å²) >= 11 is 2.76. The van der Waals surface area contributed by atoms with Crippen LogP contribution in [0.25, 0.3) is 11.4 Å². The van der Waals surface area contributed by atoms with E-state index in [-0.39, 0.29) is 11.2 Å². The average molecular weight is 345 g/mol. The molecular formula is C15H15N5OS2. The van der Waals surface area contributed by atoms with E-state index in [0.29, 0.717) is 10.3 Å². The van der Waals surface area contributed by atoms with E-state index in [0.717, 1.165) is 11.4 Å². The van der Waals surface area contributed by atoms with E-state index in [1.807, 2.05) is 54.3 Å². The lowest BCUT2D eigenvalue weighted by atomic mass is 10.2. The molecule has 3 rings (SSSR count). The van der Waals surface area contributed by atoms with E-state index in [1.165, 1.54) is 23.1 Å². The van der Waals surface area contributed by atoms with Crippen LogP contribution in [0.4, 0.5) is 5.13 Å². The highest BCUT2D eigenvalue weighted by Crippen LogP contribution is 2.26. The second kappa shape index (κ2) is 6.93. The van der Waals surface area contributed by atoms with Gasteiger partial charge in [-0.2, -0.15) is 0 Å². The first kappa shape index (κ1) is 15.7. The van der Waals surface area contributed by atoms with Gasteiger partial charge in [-0.05, 0) is 6.92 Å². The highest BCUT2D eigenvalue weighted by molar-refractivity contribution is 8.00. The van der Waals surface area contributed by atoms with Crippen LogP contribution in [0.3, 0.4) is 0 Å². The highest BCUT2D eigenvalue weighted by Gasteiger charge is 2.19. The fraction of sp³-hybridized carbons (Fsp3) is 0.200. The van der Waals surface area contributed by atoms with E-state index in [9.17, 15) is 4.79 Å². The zero-order chi connectivity index (χ0) is 16.2. The quantitative estimate of drug-likeness (QED) is 0.720. The second-order valence-electron chi connectivity index (χ2n) is 4.82. The summed E-state index contributed by atoms with van der Waals surface area (Å²) in [5, 5.41) is 14.0. The van der Waals surface area contributed by atoms with Crippen LogP contribution >= 0.6 is 23.1 Å². The number of nitrogens with zero attached hydrogens (tertiary/aromatic N) is 4. The predicted octanol–water partition coefficient (Wildman–Crippen LogP) is 3.06. The number of carbonyl (C=O) groups is 1. The minimum atomic E-state index is -0.301. The Bertz CT molecular complexity index is 786. The number of aromatic nitrogens is 4. The van der Waals surface area contributed by atoms with Crippen LogP contribution in [0.1, 0.15) is 6.92 Å². The van der Waals surface area contributed by atoms with Gasteiger partial charge in [-0.15, -0.1) is 21.5 Å². The van der Waals surface area contributed by atoms with E-state index in [2.05, 4.69) is 20.5 Å². The molecule has 1 atom stereocenters. The summed E-state index contributed by atoms with van der Waals surface area (Å²) in [5.74, 6) is 0.676. The smallest absolute Gasteiger partial charge is 0.239 e. The zero-order valence-corrected chi connectivity index (χ0v) is 14.3. The Morgan fingerprint density at radius 1 is 1.30 bits per heavy atom. The van der Waals surface area contributed by atoms with Gasteiger partial charge in [-0.25, -0.2) is 4.98 Å². The summed E-state index contributed by atoms with van der Waals surface area (Å²) in [7, 11) is 1.90. The first-order chi connectivity index (χ1) is 11.1. The van der Waals surface area contributed by atoms with Crippen molar-refractivity contribution in [3.05, 3.63) is 41.9 Å². The molecule has 2 heterocycles. The van der Waals surface area contributed by atoms with Crippen molar-refractivity contribution < 1.29 is 4.79 Å². The molecule has 0 saturated heterocycles. The number of rotatable bonds is 5. The second-order valence-corrected chi connectivity index (χ2v) is 7.02. The van der Waals surface area contributed by atoms with Crippen LogP contribution in [0.2, 0.25) is 0 Å². The van der Waals surface area contributed by atoms with Crippen molar-refractivity contribution in [2.24, 2.45) is 7.05 Å². The van der Waals surface area contributed by atoms with Crippen LogP contribution in [0, 0.1) is 0 Å². The molecule has 0 saturated carbocycles. The summed E-state index contributed by atoms with van der Waals surface area (Å²) in [6.45, 7) is 1.84. The summed E-state index contributed by atoms with van der Waals surface area (Å²) in [5.41, 5.74) is 0.995. The van der Waals surface area contributed by atoms with Crippen molar-refractivity contribution >= 4 is 34.1 Å². The van der Waals surface area contributed by atoms with Gasteiger partial charge in [-0.1, -0.05) is 42.1 Å². The van der Waals surface area contributed by atoms with Crippen LogP contribution in [-0.4, -0.2) is 30.9 Å². The molecule has 23 heavy (non-hydrogen) atoms. The van der Waals surface area contributed by atoms with Gasteiger partial charge < -0.3 is 9.88 Å². The molecule has 3 aromatic rings. The molecular weight excluding hydrogens is 330 g/mol. The Hall–Kier alpha value is -2.19. The van der Waals surface area contributed by atoms with E-state index >= 15 is 0 Å². The summed E-state index contributed by atoms with van der Waals surface area (Å²) in [6.07, 6.45) is 1.66. The minimum Gasteiger partial charge on any atom is -0.305 e. The van der Waals surface area contributed by atoms with Gasteiger partial charge in [-0.3, -0.25) is 4.79 Å². The number of thiazole rings is 1. The molecule has 0 bridgehead atoms. The number of anilines is 1. The molecule has 1 aromatic carbocycles. The molecule has 0 unspecified atom stereocenters. The summed E-state index contributed by atoms with van der Waals surface area (Å²) < 4.78 is 1.90. The number of carbonyl (C=O) groups excluding carboxylic acids is 1. The lowest BCUT2D eigenvalue weighted by Gasteiger charge is -2.10. The van der Waals surface area contributed by atoms with Gasteiger partial charge in [0.1, 0.15) is 0 Å². The fourth-order valence-corrected chi connectivity index (χ4v) is 3.31. The number of benzene rings is 1. The van der Waals surface area contributed by atoms with E-state index < -0.39 is 0 Å². The SMILES string of the molecule is C[C@H](Sc1nnc(-c2ccccc2)n1C)C(=O)Nc1nccs1. The Balaban J connectivity index is 1.71. The molecule has 1 N–H and O–H groups in total. The van der Waals surface area contributed by atoms with Crippen molar-refractivity contribution in [1.82, 2.24) is 19.7 Å². The number of hydrogen-bond acceptors (Lipinski definition) is 6. The largest absolute Gasteiger partial charge is 0.305 e. The van der Waals surface area contributed by atoms with E-state index in [4.69, 9.17) is 0 Å². The Morgan fingerprint density at radius 3 is 2.78 bits per heavy atom. The number of amides is 1. The number of hydrogen-bond donors (Lipinski definition) is 1. The molecule has 0 aliphatic heterocycles. The monoisotopic (exact) mass is 345 g/mol. The van der Waals surface area contributed by atoms with Crippen molar-refractivity contribution in [1.29, 1.82) is 0 Å². The molecule has 0 aliphatic carbocycles. The van der Waals surface area contributed by atoms with Crippen molar-refractivity contribution in [2.75, 3.05) is 5.32 Å². The maximum Gasteiger partial charge on any atom is 0.239 e. The fourth-order valence-electron chi connectivity index (χ4n) is 1.96. The van der Waals surface area contributed by atoms with Crippen LogP contribution in [0.15, 0.2) is 47.1 Å². The Kier molecular flexibility index (Phi) is 4.73. The van der Waals surface area contributed by atoms with Gasteiger partial charge in [0.05, 0.1) is 5.25 Å². The van der Waals surface area contributed by atoms with Gasteiger partial charge in [0.15, 0.2) is 16.1 Å². The molecule has 118 valence electrons. The topological polar surface area (TPSA) is 72.7 Å². The molecule has 0 spiro atoms. The zero-order valence-electron chi connectivity index (χ0n) is 12.6. The number of nitrogens with one attached hydrogen (secondary N) is 1. The highest BCUT2D eigenvalue weighted by atomic mass is 32.2. The first-order valence-electron chi connectivity index (χ1n) is 6.97. The molecule has 0 aliphatic rings. The molecule has 1 amide bonds. The lowest BCUT2D eigenvalue weighted by Crippen LogP contribution is -2.22. The minimum absolute atomic E-state index is 0.103. The Labute approximate surface area is 142 Å². The Morgan fingerprint density at radius 2 is 2.09 bits per heavy atom. The maximum atomic E-state index is 12.2. The maximum absolute atomic E-state index is 12.2. The van der Waals surface area contributed by atoms with E-state index in [1.54, 1.807) is 6.20 Å². The summed E-state index contributed by atoms with van der Waals surface area (Å²) in [6, 6.07) is 9.84. The van der Waals surface area contributed by atoms with Crippen LogP contribution in [0.5, 0.6) is 0 Å².